The van der Waals surface area contributed by atoms with Crippen molar-refractivity contribution in [3.63, 3.8) is 0 Å². The van der Waals surface area contributed by atoms with Gasteiger partial charge in [0.25, 0.3) is 5.56 Å². The lowest BCUT2D eigenvalue weighted by molar-refractivity contribution is 0.753. The zero-order chi connectivity index (χ0) is 13.2. The van der Waals surface area contributed by atoms with E-state index in [9.17, 15) is 4.79 Å². The quantitative estimate of drug-likeness (QED) is 0.726. The Morgan fingerprint density at radius 2 is 1.89 bits per heavy atom. The summed E-state index contributed by atoms with van der Waals surface area (Å²) in [7, 11) is 0. The van der Waals surface area contributed by atoms with E-state index >= 15 is 0 Å². The minimum atomic E-state index is -0.0399. The van der Waals surface area contributed by atoms with Crippen LogP contribution in [0.3, 0.4) is 0 Å². The monoisotopic (exact) mass is 252 g/mol. The highest BCUT2D eigenvalue weighted by Crippen LogP contribution is 2.19. The van der Waals surface area contributed by atoms with E-state index in [0.29, 0.717) is 5.39 Å². The number of fused-ring (bicyclic) bond motifs is 2. The van der Waals surface area contributed by atoms with Crippen molar-refractivity contribution in [1.29, 1.82) is 0 Å². The summed E-state index contributed by atoms with van der Waals surface area (Å²) >= 11 is 0. The second-order valence-corrected chi connectivity index (χ2v) is 4.83. The van der Waals surface area contributed by atoms with Gasteiger partial charge in [0.05, 0.1) is 10.9 Å². The number of hydrogen-bond acceptors (Lipinski definition) is 2. The highest BCUT2D eigenvalue weighted by Gasteiger charge is 2.05. The van der Waals surface area contributed by atoms with Crippen LogP contribution in [0.25, 0.3) is 21.7 Å². The van der Waals surface area contributed by atoms with Gasteiger partial charge in [0.15, 0.2) is 0 Å². The van der Waals surface area contributed by atoms with E-state index in [2.05, 4.69) is 16.9 Å². The molecule has 3 rings (SSSR count). The number of benzene rings is 2. The molecule has 0 aliphatic carbocycles. The molecule has 0 atom stereocenters. The molecule has 19 heavy (non-hydrogen) atoms. The van der Waals surface area contributed by atoms with Gasteiger partial charge in [0.2, 0.25) is 0 Å². The van der Waals surface area contributed by atoms with Crippen molar-refractivity contribution in [1.82, 2.24) is 9.97 Å². The number of hydrogen-bond donors (Lipinski definition) is 1. The van der Waals surface area contributed by atoms with Gasteiger partial charge in [-0.25, -0.2) is 4.98 Å². The van der Waals surface area contributed by atoms with Crippen molar-refractivity contribution in [2.45, 2.75) is 26.2 Å². The molecular weight excluding hydrogens is 236 g/mol. The van der Waals surface area contributed by atoms with Crippen molar-refractivity contribution in [2.24, 2.45) is 0 Å². The molecule has 0 fully saturated rings. The Hall–Kier alpha value is -2.16. The van der Waals surface area contributed by atoms with Gasteiger partial charge >= 0.3 is 0 Å². The summed E-state index contributed by atoms with van der Waals surface area (Å²) in [5, 5.41) is 2.86. The second kappa shape index (κ2) is 4.84. The molecule has 3 nitrogen and oxygen atoms in total. The van der Waals surface area contributed by atoms with Crippen LogP contribution >= 0.6 is 0 Å². The van der Waals surface area contributed by atoms with Crippen LogP contribution in [0.15, 0.2) is 41.2 Å². The fourth-order valence-electron chi connectivity index (χ4n) is 2.34. The summed E-state index contributed by atoms with van der Waals surface area (Å²) in [5.74, 6) is 0.787. The van der Waals surface area contributed by atoms with Crippen molar-refractivity contribution >= 4 is 21.7 Å². The molecule has 2 aromatic carbocycles. The standard InChI is InChI=1S/C16H16N2O/c1-2-3-8-15-17-14-10-12-7-5-4-6-11(12)9-13(14)16(19)18-15/h4-7,9-10H,2-3,8H2,1H3,(H,17,18,19). The zero-order valence-corrected chi connectivity index (χ0v) is 10.9. The smallest absolute Gasteiger partial charge is 0.258 e. The molecule has 0 amide bonds. The Morgan fingerprint density at radius 1 is 1.16 bits per heavy atom. The SMILES string of the molecule is CCCCc1nc2cc3ccccc3cc2c(=O)[nH]1. The van der Waals surface area contributed by atoms with Gasteiger partial charge < -0.3 is 4.98 Å². The molecule has 3 aromatic rings. The minimum Gasteiger partial charge on any atom is -0.310 e. The lowest BCUT2D eigenvalue weighted by Crippen LogP contribution is -2.11. The highest BCUT2D eigenvalue weighted by atomic mass is 16.1. The summed E-state index contributed by atoms with van der Waals surface area (Å²) in [4.78, 5) is 19.6. The number of nitrogens with zero attached hydrogens (tertiary/aromatic N) is 1. The van der Waals surface area contributed by atoms with E-state index in [4.69, 9.17) is 0 Å². The molecule has 0 radical (unpaired) electrons. The molecular formula is C16H16N2O. The van der Waals surface area contributed by atoms with Crippen LogP contribution in [0.4, 0.5) is 0 Å². The summed E-state index contributed by atoms with van der Waals surface area (Å²) < 4.78 is 0. The lowest BCUT2D eigenvalue weighted by Gasteiger charge is -2.04. The maximum absolute atomic E-state index is 12.1. The number of aromatic nitrogens is 2. The summed E-state index contributed by atoms with van der Waals surface area (Å²) in [6.45, 7) is 2.13. The lowest BCUT2D eigenvalue weighted by atomic mass is 10.1. The van der Waals surface area contributed by atoms with E-state index in [1.807, 2.05) is 36.4 Å². The molecule has 96 valence electrons. The second-order valence-electron chi connectivity index (χ2n) is 4.83. The molecule has 1 heterocycles. The van der Waals surface area contributed by atoms with Crippen LogP contribution < -0.4 is 5.56 Å². The van der Waals surface area contributed by atoms with Crippen LogP contribution in [0, 0.1) is 0 Å². The van der Waals surface area contributed by atoms with Gasteiger partial charge in [-0.2, -0.15) is 0 Å². The van der Waals surface area contributed by atoms with Crippen LogP contribution in [-0.2, 0) is 6.42 Å². The fraction of sp³-hybridized carbons (Fsp3) is 0.250. The Kier molecular flexibility index (Phi) is 3.03. The third-order valence-electron chi connectivity index (χ3n) is 3.39. The molecule has 0 saturated heterocycles. The third-order valence-corrected chi connectivity index (χ3v) is 3.39. The Balaban J connectivity index is 2.23. The zero-order valence-electron chi connectivity index (χ0n) is 10.9. The molecule has 1 aromatic heterocycles. The molecule has 0 aliphatic rings. The maximum atomic E-state index is 12.1. The van der Waals surface area contributed by atoms with Gasteiger partial charge in [-0.1, -0.05) is 37.6 Å². The third kappa shape index (κ3) is 2.24. The summed E-state index contributed by atoms with van der Waals surface area (Å²) in [5.41, 5.74) is 0.746. The first-order valence-corrected chi connectivity index (χ1v) is 6.69. The van der Waals surface area contributed by atoms with E-state index in [1.54, 1.807) is 0 Å². The molecule has 0 bridgehead atoms. The number of unbranched alkanes of at least 4 members (excludes halogenated alkanes) is 1. The minimum absolute atomic E-state index is 0.0399. The van der Waals surface area contributed by atoms with E-state index < -0.39 is 0 Å². The van der Waals surface area contributed by atoms with Crippen LogP contribution in [0.5, 0.6) is 0 Å². The Morgan fingerprint density at radius 3 is 2.63 bits per heavy atom. The normalized spacial score (nSPS) is 11.2. The number of nitrogens with one attached hydrogen (secondary N) is 1. The number of aromatic amines is 1. The first-order valence-electron chi connectivity index (χ1n) is 6.69. The number of aryl methyl sites for hydroxylation is 1. The first kappa shape index (κ1) is 11.9. The van der Waals surface area contributed by atoms with Crippen molar-refractivity contribution in [3.05, 3.63) is 52.6 Å². The number of H-pyrrole nitrogens is 1. The Labute approximate surface area is 111 Å². The molecule has 0 aliphatic heterocycles. The van der Waals surface area contributed by atoms with Gasteiger partial charge in [0.1, 0.15) is 5.82 Å². The molecule has 1 N–H and O–H groups in total. The van der Waals surface area contributed by atoms with Crippen molar-refractivity contribution in [3.8, 4) is 0 Å². The van der Waals surface area contributed by atoms with Crippen LogP contribution in [0.2, 0.25) is 0 Å². The fourth-order valence-corrected chi connectivity index (χ4v) is 2.34. The van der Waals surface area contributed by atoms with E-state index in [-0.39, 0.29) is 5.56 Å². The maximum Gasteiger partial charge on any atom is 0.258 e. The molecule has 3 heteroatoms. The molecule has 0 spiro atoms. The predicted octanol–water partition coefficient (Wildman–Crippen LogP) is 3.42. The molecule has 0 saturated carbocycles. The number of rotatable bonds is 3. The predicted molar refractivity (Wildman–Crippen MR) is 78.5 cm³/mol. The van der Waals surface area contributed by atoms with E-state index in [1.165, 1.54) is 0 Å². The van der Waals surface area contributed by atoms with Gasteiger partial charge in [-0.05, 0) is 29.3 Å². The van der Waals surface area contributed by atoms with Crippen molar-refractivity contribution < 1.29 is 0 Å². The van der Waals surface area contributed by atoms with Gasteiger partial charge in [-0.15, -0.1) is 0 Å². The molecule has 0 unspecified atom stereocenters. The Bertz CT molecular complexity index is 789. The largest absolute Gasteiger partial charge is 0.310 e. The topological polar surface area (TPSA) is 45.8 Å². The van der Waals surface area contributed by atoms with Gasteiger partial charge in [-0.3, -0.25) is 4.79 Å². The van der Waals surface area contributed by atoms with Crippen LogP contribution in [0.1, 0.15) is 25.6 Å². The first-order chi connectivity index (χ1) is 9.28. The van der Waals surface area contributed by atoms with Crippen LogP contribution in [-0.4, -0.2) is 9.97 Å². The average molecular weight is 252 g/mol. The summed E-state index contributed by atoms with van der Waals surface area (Å²) in [6, 6.07) is 11.9. The summed E-state index contributed by atoms with van der Waals surface area (Å²) in [6.07, 6.45) is 2.97. The highest BCUT2D eigenvalue weighted by molar-refractivity contribution is 5.95. The van der Waals surface area contributed by atoms with Crippen molar-refractivity contribution in [2.75, 3.05) is 0 Å². The average Bonchev–Trinajstić information content (AvgIpc) is 2.43. The van der Waals surface area contributed by atoms with Gasteiger partial charge in [0, 0.05) is 6.42 Å². The van der Waals surface area contributed by atoms with E-state index in [0.717, 1.165) is 41.4 Å².